The van der Waals surface area contributed by atoms with E-state index in [1.54, 1.807) is 6.20 Å². The highest BCUT2D eigenvalue weighted by Gasteiger charge is 2.29. The minimum atomic E-state index is 0.0724. The van der Waals surface area contributed by atoms with Crippen molar-refractivity contribution in [1.82, 2.24) is 25.2 Å². The van der Waals surface area contributed by atoms with Crippen molar-refractivity contribution in [2.75, 3.05) is 13.1 Å². The standard InChI is InChI=1S/C28H29N5O/c1-17-14-31-27-23(17)13-21(15-32-27)20-11-19-7-10-33(28(34)22-5-3-8-29-18(22)2)16-25(19)24(12-20)26-6-4-9-30-26/h3,5,8,11-15,26,30H,4,6-7,9-10,16H2,1-2H3,(H,31,32)/t26-/m0/s1. The normalized spacial score (nSPS) is 17.8. The predicted octanol–water partition coefficient (Wildman–Crippen LogP) is 4.86. The van der Waals surface area contributed by atoms with Gasteiger partial charge in [0.25, 0.3) is 5.91 Å². The highest BCUT2D eigenvalue weighted by Crippen LogP contribution is 2.36. The van der Waals surface area contributed by atoms with Crippen LogP contribution >= 0.6 is 0 Å². The summed E-state index contributed by atoms with van der Waals surface area (Å²) in [5.74, 6) is 0.0724. The zero-order valence-corrected chi connectivity index (χ0v) is 19.7. The third-order valence-corrected chi connectivity index (χ3v) is 7.41. The molecular formula is C28H29N5O. The lowest BCUT2D eigenvalue weighted by Gasteiger charge is -2.32. The van der Waals surface area contributed by atoms with E-state index in [0.29, 0.717) is 18.2 Å². The molecule has 5 heterocycles. The van der Waals surface area contributed by atoms with Crippen molar-refractivity contribution in [3.63, 3.8) is 0 Å². The van der Waals surface area contributed by atoms with Crippen LogP contribution in [-0.2, 0) is 13.0 Å². The van der Waals surface area contributed by atoms with Crippen LogP contribution in [0.4, 0.5) is 0 Å². The third-order valence-electron chi connectivity index (χ3n) is 7.41. The molecule has 1 atom stereocenters. The van der Waals surface area contributed by atoms with Gasteiger partial charge in [0.05, 0.1) is 5.56 Å². The predicted molar refractivity (Wildman–Crippen MR) is 134 cm³/mol. The van der Waals surface area contributed by atoms with Crippen LogP contribution in [0.25, 0.3) is 22.2 Å². The molecule has 0 aliphatic carbocycles. The summed E-state index contributed by atoms with van der Waals surface area (Å²) < 4.78 is 0. The number of nitrogens with zero attached hydrogens (tertiary/aromatic N) is 3. The lowest BCUT2D eigenvalue weighted by molar-refractivity contribution is 0.0732. The van der Waals surface area contributed by atoms with E-state index in [0.717, 1.165) is 42.8 Å². The summed E-state index contributed by atoms with van der Waals surface area (Å²) in [5, 5.41) is 4.85. The van der Waals surface area contributed by atoms with Gasteiger partial charge in [-0.3, -0.25) is 9.78 Å². The van der Waals surface area contributed by atoms with Gasteiger partial charge in [-0.25, -0.2) is 4.98 Å². The molecule has 0 radical (unpaired) electrons. The first-order chi connectivity index (χ1) is 16.6. The van der Waals surface area contributed by atoms with Crippen molar-refractivity contribution in [2.24, 2.45) is 0 Å². The Kier molecular flexibility index (Phi) is 5.18. The summed E-state index contributed by atoms with van der Waals surface area (Å²) in [7, 11) is 0. The summed E-state index contributed by atoms with van der Waals surface area (Å²) in [6.45, 7) is 6.42. The Labute approximate surface area is 199 Å². The van der Waals surface area contributed by atoms with Crippen molar-refractivity contribution in [1.29, 1.82) is 0 Å². The van der Waals surface area contributed by atoms with E-state index in [4.69, 9.17) is 0 Å². The summed E-state index contributed by atoms with van der Waals surface area (Å²) in [4.78, 5) is 27.6. The Hall–Kier alpha value is -3.51. The van der Waals surface area contributed by atoms with Crippen molar-refractivity contribution in [3.8, 4) is 11.1 Å². The van der Waals surface area contributed by atoms with Gasteiger partial charge in [-0.1, -0.05) is 6.07 Å². The first-order valence-electron chi connectivity index (χ1n) is 12.1. The molecular weight excluding hydrogens is 422 g/mol. The number of aromatic nitrogens is 3. The third kappa shape index (κ3) is 3.59. The largest absolute Gasteiger partial charge is 0.346 e. The number of carbonyl (C=O) groups is 1. The van der Waals surface area contributed by atoms with E-state index in [9.17, 15) is 4.79 Å². The number of benzene rings is 1. The summed E-state index contributed by atoms with van der Waals surface area (Å²) in [6, 6.07) is 10.9. The molecule has 6 rings (SSSR count). The van der Waals surface area contributed by atoms with Gasteiger partial charge in [0.1, 0.15) is 5.65 Å². The molecule has 0 spiro atoms. The van der Waals surface area contributed by atoms with Gasteiger partial charge in [0, 0.05) is 54.4 Å². The Bertz CT molecular complexity index is 1400. The van der Waals surface area contributed by atoms with E-state index in [-0.39, 0.29) is 5.91 Å². The van der Waals surface area contributed by atoms with Crippen LogP contribution in [-0.4, -0.2) is 38.8 Å². The van der Waals surface area contributed by atoms with Crippen LogP contribution in [0.2, 0.25) is 0 Å². The van der Waals surface area contributed by atoms with E-state index >= 15 is 0 Å². The zero-order valence-electron chi connectivity index (χ0n) is 19.7. The maximum Gasteiger partial charge on any atom is 0.256 e. The number of aryl methyl sites for hydroxylation is 2. The molecule has 0 saturated carbocycles. The first kappa shape index (κ1) is 21.1. The van der Waals surface area contributed by atoms with E-state index < -0.39 is 0 Å². The fourth-order valence-corrected chi connectivity index (χ4v) is 5.47. The smallest absolute Gasteiger partial charge is 0.256 e. The maximum atomic E-state index is 13.3. The molecule has 1 aromatic carbocycles. The van der Waals surface area contributed by atoms with Crippen LogP contribution in [0.5, 0.6) is 0 Å². The van der Waals surface area contributed by atoms with Gasteiger partial charge in [0.15, 0.2) is 0 Å². The lowest BCUT2D eigenvalue weighted by atomic mass is 9.87. The Morgan fingerprint density at radius 1 is 1.15 bits per heavy atom. The first-order valence-corrected chi connectivity index (χ1v) is 12.1. The number of amides is 1. The molecule has 2 N–H and O–H groups in total. The fourth-order valence-electron chi connectivity index (χ4n) is 5.47. The Morgan fingerprint density at radius 2 is 2.06 bits per heavy atom. The Morgan fingerprint density at radius 3 is 2.88 bits per heavy atom. The monoisotopic (exact) mass is 451 g/mol. The molecule has 34 heavy (non-hydrogen) atoms. The van der Waals surface area contributed by atoms with Crippen LogP contribution in [0.15, 0.2) is 48.9 Å². The summed E-state index contributed by atoms with van der Waals surface area (Å²) in [6.07, 6.45) is 8.88. The van der Waals surface area contributed by atoms with Gasteiger partial charge in [-0.2, -0.15) is 0 Å². The van der Waals surface area contributed by atoms with E-state index in [2.05, 4.69) is 45.4 Å². The number of aromatic amines is 1. The number of fused-ring (bicyclic) bond motifs is 2. The molecule has 6 nitrogen and oxygen atoms in total. The second-order valence-electron chi connectivity index (χ2n) is 9.56. The molecule has 172 valence electrons. The molecule has 2 aliphatic rings. The molecule has 1 saturated heterocycles. The molecule has 4 aromatic rings. The van der Waals surface area contributed by atoms with Crippen molar-refractivity contribution < 1.29 is 4.79 Å². The quantitative estimate of drug-likeness (QED) is 0.466. The second kappa shape index (κ2) is 8.37. The van der Waals surface area contributed by atoms with Crippen molar-refractivity contribution in [2.45, 2.75) is 45.7 Å². The minimum Gasteiger partial charge on any atom is -0.346 e. The number of hydrogen-bond acceptors (Lipinski definition) is 4. The van der Waals surface area contributed by atoms with Gasteiger partial charge < -0.3 is 15.2 Å². The molecule has 0 bridgehead atoms. The molecule has 2 aliphatic heterocycles. The van der Waals surface area contributed by atoms with Gasteiger partial charge >= 0.3 is 0 Å². The SMILES string of the molecule is Cc1ncccc1C(=O)N1CCc2cc(-c3cnc4[nH]cc(C)c4c3)cc([C@@H]3CCCN3)c2C1. The summed E-state index contributed by atoms with van der Waals surface area (Å²) >= 11 is 0. The lowest BCUT2D eigenvalue weighted by Crippen LogP contribution is -2.37. The fraction of sp³-hybridized carbons (Fsp3) is 0.321. The zero-order chi connectivity index (χ0) is 23.2. The molecule has 1 amide bonds. The van der Waals surface area contributed by atoms with E-state index in [1.807, 2.05) is 36.4 Å². The Balaban J connectivity index is 1.41. The highest BCUT2D eigenvalue weighted by atomic mass is 16.2. The molecule has 6 heteroatoms. The number of H-pyrrole nitrogens is 1. The van der Waals surface area contributed by atoms with Crippen LogP contribution in [0.1, 0.15) is 57.2 Å². The van der Waals surface area contributed by atoms with Crippen LogP contribution in [0, 0.1) is 13.8 Å². The number of pyridine rings is 2. The van der Waals surface area contributed by atoms with Gasteiger partial charge in [0.2, 0.25) is 0 Å². The van der Waals surface area contributed by atoms with E-state index in [1.165, 1.54) is 39.6 Å². The topological polar surface area (TPSA) is 73.9 Å². The number of rotatable bonds is 3. The highest BCUT2D eigenvalue weighted by molar-refractivity contribution is 5.95. The average molecular weight is 452 g/mol. The van der Waals surface area contributed by atoms with Crippen molar-refractivity contribution in [3.05, 3.63) is 82.4 Å². The second-order valence-corrected chi connectivity index (χ2v) is 9.56. The minimum absolute atomic E-state index is 0.0724. The maximum absolute atomic E-state index is 13.3. The number of nitrogens with one attached hydrogen (secondary N) is 2. The molecule has 3 aromatic heterocycles. The molecule has 0 unspecified atom stereocenters. The van der Waals surface area contributed by atoms with Gasteiger partial charge in [-0.05, 0) is 91.7 Å². The number of carbonyl (C=O) groups excluding carboxylic acids is 1. The van der Waals surface area contributed by atoms with Crippen molar-refractivity contribution >= 4 is 16.9 Å². The molecule has 1 fully saturated rings. The number of hydrogen-bond donors (Lipinski definition) is 2. The van der Waals surface area contributed by atoms with Crippen LogP contribution < -0.4 is 5.32 Å². The summed E-state index contributed by atoms with van der Waals surface area (Å²) in [5.41, 5.74) is 9.95. The van der Waals surface area contributed by atoms with Crippen LogP contribution in [0.3, 0.4) is 0 Å². The average Bonchev–Trinajstić information content (AvgIpc) is 3.53. The van der Waals surface area contributed by atoms with Gasteiger partial charge in [-0.15, -0.1) is 0 Å².